The molecule has 0 saturated carbocycles. The quantitative estimate of drug-likeness (QED) is 0.757. The van der Waals surface area contributed by atoms with Crippen molar-refractivity contribution in [2.75, 3.05) is 11.1 Å². The second kappa shape index (κ2) is 6.07. The number of nitrogens with one attached hydrogen (secondary N) is 1. The van der Waals surface area contributed by atoms with Crippen molar-refractivity contribution in [3.05, 3.63) is 56.5 Å². The number of anilines is 2. The molecule has 3 N–H and O–H groups in total. The number of hydrogen-bond donors (Lipinski definition) is 2. The smallest absolute Gasteiger partial charge is 0.257 e. The van der Waals surface area contributed by atoms with Crippen LogP contribution in [-0.2, 0) is 0 Å². The standard InChI is InChI=1S/C14H9Br2N3O/c15-9-2-4-13(8(5-9)7-17)19-14(20)11-3-1-10(16)6-12(11)18/h1-6H,18H2,(H,19,20). The van der Waals surface area contributed by atoms with E-state index in [2.05, 4.69) is 37.2 Å². The summed E-state index contributed by atoms with van der Waals surface area (Å²) in [5.74, 6) is -0.353. The number of nitriles is 1. The highest BCUT2D eigenvalue weighted by atomic mass is 79.9. The third kappa shape index (κ3) is 3.18. The van der Waals surface area contributed by atoms with Crippen LogP contribution in [0.3, 0.4) is 0 Å². The first-order valence-corrected chi connectivity index (χ1v) is 7.16. The van der Waals surface area contributed by atoms with Gasteiger partial charge in [-0.05, 0) is 36.4 Å². The zero-order chi connectivity index (χ0) is 14.7. The normalized spacial score (nSPS) is 9.85. The summed E-state index contributed by atoms with van der Waals surface area (Å²) in [4.78, 5) is 12.2. The van der Waals surface area contributed by atoms with E-state index in [0.29, 0.717) is 22.5 Å². The average molecular weight is 395 g/mol. The second-order valence-electron chi connectivity index (χ2n) is 3.99. The van der Waals surface area contributed by atoms with Crippen LogP contribution in [0.1, 0.15) is 15.9 Å². The molecule has 0 fully saturated rings. The predicted octanol–water partition coefficient (Wildman–Crippen LogP) is 3.92. The number of rotatable bonds is 2. The molecule has 0 saturated heterocycles. The van der Waals surface area contributed by atoms with Crippen LogP contribution in [0.2, 0.25) is 0 Å². The zero-order valence-electron chi connectivity index (χ0n) is 10.2. The molecule has 6 heteroatoms. The van der Waals surface area contributed by atoms with Crippen molar-refractivity contribution < 1.29 is 4.79 Å². The lowest BCUT2D eigenvalue weighted by molar-refractivity contribution is 0.102. The molecule has 1 amide bonds. The molecule has 100 valence electrons. The van der Waals surface area contributed by atoms with Crippen LogP contribution in [0.25, 0.3) is 0 Å². The molecule has 0 heterocycles. The van der Waals surface area contributed by atoms with E-state index in [4.69, 9.17) is 11.0 Å². The molecule has 0 radical (unpaired) electrons. The molecule has 0 aromatic heterocycles. The molecule has 2 rings (SSSR count). The summed E-state index contributed by atoms with van der Waals surface area (Å²) in [5, 5.41) is 11.8. The monoisotopic (exact) mass is 393 g/mol. The van der Waals surface area contributed by atoms with E-state index in [9.17, 15) is 4.79 Å². The van der Waals surface area contributed by atoms with Crippen LogP contribution < -0.4 is 11.1 Å². The largest absolute Gasteiger partial charge is 0.398 e. The number of carbonyl (C=O) groups is 1. The number of nitrogen functional groups attached to an aromatic ring is 1. The predicted molar refractivity (Wildman–Crippen MR) is 85.4 cm³/mol. The SMILES string of the molecule is N#Cc1cc(Br)ccc1NC(=O)c1ccc(Br)cc1N. The van der Waals surface area contributed by atoms with Crippen molar-refractivity contribution >= 4 is 49.1 Å². The van der Waals surface area contributed by atoms with Gasteiger partial charge in [0.1, 0.15) is 6.07 Å². The van der Waals surface area contributed by atoms with E-state index in [1.807, 2.05) is 6.07 Å². The van der Waals surface area contributed by atoms with Gasteiger partial charge in [-0.15, -0.1) is 0 Å². The zero-order valence-corrected chi connectivity index (χ0v) is 13.3. The van der Waals surface area contributed by atoms with Gasteiger partial charge in [-0.1, -0.05) is 31.9 Å². The van der Waals surface area contributed by atoms with Gasteiger partial charge in [0, 0.05) is 14.6 Å². The Bertz CT molecular complexity index is 723. The fourth-order valence-corrected chi connectivity index (χ4v) is 2.39. The first kappa shape index (κ1) is 14.6. The summed E-state index contributed by atoms with van der Waals surface area (Å²) >= 11 is 6.56. The van der Waals surface area contributed by atoms with Crippen molar-refractivity contribution in [2.45, 2.75) is 0 Å². The second-order valence-corrected chi connectivity index (χ2v) is 5.82. The van der Waals surface area contributed by atoms with Gasteiger partial charge in [0.25, 0.3) is 5.91 Å². The van der Waals surface area contributed by atoms with Crippen LogP contribution in [0, 0.1) is 11.3 Å². The number of hydrogen-bond acceptors (Lipinski definition) is 3. The lowest BCUT2D eigenvalue weighted by atomic mass is 10.1. The Morgan fingerprint density at radius 2 is 1.80 bits per heavy atom. The van der Waals surface area contributed by atoms with Crippen molar-refractivity contribution in [3.63, 3.8) is 0 Å². The van der Waals surface area contributed by atoms with Crippen LogP contribution in [-0.4, -0.2) is 5.91 Å². The van der Waals surface area contributed by atoms with Crippen molar-refractivity contribution in [3.8, 4) is 6.07 Å². The Labute approximate surface area is 132 Å². The minimum absolute atomic E-state index is 0.353. The molecule has 20 heavy (non-hydrogen) atoms. The molecule has 0 aliphatic heterocycles. The Kier molecular flexibility index (Phi) is 4.42. The summed E-state index contributed by atoms with van der Waals surface area (Å²) in [7, 11) is 0. The Morgan fingerprint density at radius 1 is 1.15 bits per heavy atom. The maximum atomic E-state index is 12.2. The highest BCUT2D eigenvalue weighted by molar-refractivity contribution is 9.10. The summed E-state index contributed by atoms with van der Waals surface area (Å²) in [5.41, 5.74) is 7.36. The average Bonchev–Trinajstić information content (AvgIpc) is 2.40. The molecule has 0 aliphatic rings. The molecule has 2 aromatic rings. The molecule has 0 bridgehead atoms. The Morgan fingerprint density at radius 3 is 2.45 bits per heavy atom. The fourth-order valence-electron chi connectivity index (χ4n) is 1.65. The van der Waals surface area contributed by atoms with Crippen LogP contribution in [0.5, 0.6) is 0 Å². The van der Waals surface area contributed by atoms with Gasteiger partial charge in [-0.3, -0.25) is 4.79 Å². The molecule has 0 spiro atoms. The number of carbonyl (C=O) groups excluding carboxylic acids is 1. The molecule has 0 atom stereocenters. The Hall–Kier alpha value is -1.84. The van der Waals surface area contributed by atoms with Gasteiger partial charge in [-0.2, -0.15) is 5.26 Å². The molecule has 2 aromatic carbocycles. The van der Waals surface area contributed by atoms with E-state index in [0.717, 1.165) is 8.95 Å². The molecule has 4 nitrogen and oxygen atoms in total. The number of amides is 1. The van der Waals surface area contributed by atoms with Gasteiger partial charge in [0.15, 0.2) is 0 Å². The fraction of sp³-hybridized carbons (Fsp3) is 0. The first-order valence-electron chi connectivity index (χ1n) is 5.57. The van der Waals surface area contributed by atoms with Gasteiger partial charge >= 0.3 is 0 Å². The van der Waals surface area contributed by atoms with Gasteiger partial charge in [0.05, 0.1) is 16.8 Å². The van der Waals surface area contributed by atoms with Gasteiger partial charge in [-0.25, -0.2) is 0 Å². The van der Waals surface area contributed by atoms with Crippen LogP contribution in [0.15, 0.2) is 45.3 Å². The number of benzene rings is 2. The lowest BCUT2D eigenvalue weighted by Gasteiger charge is -2.09. The van der Waals surface area contributed by atoms with Gasteiger partial charge in [0.2, 0.25) is 0 Å². The summed E-state index contributed by atoms with van der Waals surface area (Å²) in [6, 6.07) is 12.1. The summed E-state index contributed by atoms with van der Waals surface area (Å²) in [6.45, 7) is 0. The molecule has 0 unspecified atom stereocenters. The highest BCUT2D eigenvalue weighted by Gasteiger charge is 2.12. The number of halogens is 2. The third-order valence-electron chi connectivity index (χ3n) is 2.61. The van der Waals surface area contributed by atoms with Crippen LogP contribution in [0.4, 0.5) is 11.4 Å². The first-order chi connectivity index (χ1) is 9.51. The third-order valence-corrected chi connectivity index (χ3v) is 3.60. The number of nitrogens with zero attached hydrogens (tertiary/aromatic N) is 1. The minimum Gasteiger partial charge on any atom is -0.398 e. The van der Waals surface area contributed by atoms with Crippen molar-refractivity contribution in [1.29, 1.82) is 5.26 Å². The van der Waals surface area contributed by atoms with E-state index >= 15 is 0 Å². The van der Waals surface area contributed by atoms with E-state index in [-0.39, 0.29) is 5.91 Å². The van der Waals surface area contributed by atoms with E-state index in [1.165, 1.54) is 0 Å². The highest BCUT2D eigenvalue weighted by Crippen LogP contribution is 2.23. The molecule has 0 aliphatic carbocycles. The summed E-state index contributed by atoms with van der Waals surface area (Å²) < 4.78 is 1.57. The molecular formula is C14H9Br2N3O. The molecular weight excluding hydrogens is 386 g/mol. The maximum Gasteiger partial charge on any atom is 0.257 e. The topological polar surface area (TPSA) is 78.9 Å². The van der Waals surface area contributed by atoms with Crippen LogP contribution >= 0.6 is 31.9 Å². The number of nitrogens with two attached hydrogens (primary N) is 1. The van der Waals surface area contributed by atoms with Gasteiger partial charge < -0.3 is 11.1 Å². The maximum absolute atomic E-state index is 12.2. The van der Waals surface area contributed by atoms with E-state index < -0.39 is 0 Å². The lowest BCUT2D eigenvalue weighted by Crippen LogP contribution is -2.14. The van der Waals surface area contributed by atoms with Crippen molar-refractivity contribution in [1.82, 2.24) is 0 Å². The minimum atomic E-state index is -0.353. The Balaban J connectivity index is 2.31. The summed E-state index contributed by atoms with van der Waals surface area (Å²) in [6.07, 6.45) is 0. The van der Waals surface area contributed by atoms with Crippen molar-refractivity contribution in [2.24, 2.45) is 0 Å². The van der Waals surface area contributed by atoms with E-state index in [1.54, 1.807) is 36.4 Å².